The van der Waals surface area contributed by atoms with Crippen molar-refractivity contribution in [3.8, 4) is 0 Å². The van der Waals surface area contributed by atoms with E-state index in [2.05, 4.69) is 24.5 Å². The van der Waals surface area contributed by atoms with Crippen LogP contribution in [0.5, 0.6) is 0 Å². The number of amides is 4. The molecule has 1 saturated heterocycles. The SMILES string of the molecule is CC(=O)c1ccc(N2C(=O)C[C@H](Sc3cccc(NC(=O)/C(=C/c4ccc(C(C)C)cc4)NC(=O)c4ccccc4)c3)C2=O)cc1. The topological polar surface area (TPSA) is 113 Å². The summed E-state index contributed by atoms with van der Waals surface area (Å²) >= 11 is 1.23. The Labute approximate surface area is 271 Å². The number of hydrogen-bond donors (Lipinski definition) is 2. The minimum absolute atomic E-state index is 0.0164. The van der Waals surface area contributed by atoms with Crippen LogP contribution in [0.15, 0.2) is 114 Å². The van der Waals surface area contributed by atoms with Gasteiger partial charge in [-0.3, -0.25) is 24.0 Å². The first-order chi connectivity index (χ1) is 22.1. The molecule has 2 N–H and O–H groups in total. The molecule has 1 fully saturated rings. The van der Waals surface area contributed by atoms with Gasteiger partial charge in [0, 0.05) is 28.1 Å². The van der Waals surface area contributed by atoms with Gasteiger partial charge in [0.05, 0.1) is 10.9 Å². The van der Waals surface area contributed by atoms with E-state index < -0.39 is 17.1 Å². The van der Waals surface area contributed by atoms with Gasteiger partial charge in [0.1, 0.15) is 5.70 Å². The number of carbonyl (C=O) groups excluding carboxylic acids is 5. The Bertz CT molecular complexity index is 1820. The highest BCUT2D eigenvalue weighted by molar-refractivity contribution is 8.00. The molecule has 5 rings (SSSR count). The Balaban J connectivity index is 1.32. The number of ketones is 1. The van der Waals surface area contributed by atoms with E-state index in [1.807, 2.05) is 24.3 Å². The summed E-state index contributed by atoms with van der Waals surface area (Å²) < 4.78 is 0. The predicted molar refractivity (Wildman–Crippen MR) is 181 cm³/mol. The molecule has 232 valence electrons. The van der Waals surface area contributed by atoms with Crippen LogP contribution in [-0.4, -0.2) is 34.7 Å². The van der Waals surface area contributed by atoms with E-state index in [9.17, 15) is 24.0 Å². The normalized spacial score (nSPS) is 14.8. The smallest absolute Gasteiger partial charge is 0.272 e. The van der Waals surface area contributed by atoms with Gasteiger partial charge in [-0.1, -0.05) is 62.4 Å². The van der Waals surface area contributed by atoms with Gasteiger partial charge in [0.25, 0.3) is 11.8 Å². The van der Waals surface area contributed by atoms with Crippen molar-refractivity contribution in [2.24, 2.45) is 0 Å². The molecule has 0 radical (unpaired) electrons. The molecule has 9 heteroatoms. The first kappa shape index (κ1) is 32.1. The molecule has 0 aromatic heterocycles. The third-order valence-electron chi connectivity index (χ3n) is 7.45. The van der Waals surface area contributed by atoms with Crippen molar-refractivity contribution in [2.75, 3.05) is 10.2 Å². The number of rotatable bonds is 10. The van der Waals surface area contributed by atoms with Crippen LogP contribution in [-0.2, 0) is 14.4 Å². The number of anilines is 2. The quantitative estimate of drug-likeness (QED) is 0.113. The van der Waals surface area contributed by atoms with E-state index in [1.165, 1.54) is 18.7 Å². The molecule has 1 atom stereocenters. The van der Waals surface area contributed by atoms with Crippen molar-refractivity contribution < 1.29 is 24.0 Å². The number of nitrogens with zero attached hydrogens (tertiary/aromatic N) is 1. The van der Waals surface area contributed by atoms with Gasteiger partial charge in [0.2, 0.25) is 11.8 Å². The molecular formula is C37H33N3O5S. The number of hydrogen-bond acceptors (Lipinski definition) is 6. The fourth-order valence-electron chi connectivity index (χ4n) is 4.91. The van der Waals surface area contributed by atoms with Crippen LogP contribution in [0, 0.1) is 0 Å². The summed E-state index contributed by atoms with van der Waals surface area (Å²) in [6.07, 6.45) is 1.64. The first-order valence-electron chi connectivity index (χ1n) is 14.8. The zero-order chi connectivity index (χ0) is 32.8. The number of imide groups is 1. The second-order valence-corrected chi connectivity index (χ2v) is 12.4. The summed E-state index contributed by atoms with van der Waals surface area (Å²) in [4.78, 5) is 66.1. The molecule has 0 unspecified atom stereocenters. The Morgan fingerprint density at radius 3 is 2.20 bits per heavy atom. The molecule has 0 saturated carbocycles. The monoisotopic (exact) mass is 631 g/mol. The Kier molecular flexibility index (Phi) is 9.93. The molecule has 1 aliphatic heterocycles. The number of Topliss-reactive ketones (excluding diaryl/α,β-unsaturated/α-hetero) is 1. The number of thioether (sulfide) groups is 1. The molecule has 4 aromatic rings. The van der Waals surface area contributed by atoms with Crippen molar-refractivity contribution in [1.29, 1.82) is 0 Å². The molecule has 0 bridgehead atoms. The minimum Gasteiger partial charge on any atom is -0.321 e. The molecule has 4 aromatic carbocycles. The highest BCUT2D eigenvalue weighted by Gasteiger charge is 2.40. The summed E-state index contributed by atoms with van der Waals surface area (Å²) in [6.45, 7) is 5.65. The van der Waals surface area contributed by atoms with E-state index >= 15 is 0 Å². The first-order valence-corrected chi connectivity index (χ1v) is 15.7. The zero-order valence-corrected chi connectivity index (χ0v) is 26.5. The molecule has 0 aliphatic carbocycles. The summed E-state index contributed by atoms with van der Waals surface area (Å²) in [5.74, 6) is -1.37. The molecule has 1 heterocycles. The molecule has 0 spiro atoms. The molecule has 4 amide bonds. The minimum atomic E-state index is -0.652. The molecular weight excluding hydrogens is 598 g/mol. The number of benzene rings is 4. The van der Waals surface area contributed by atoms with Crippen LogP contribution < -0.4 is 15.5 Å². The lowest BCUT2D eigenvalue weighted by molar-refractivity contribution is -0.121. The number of carbonyl (C=O) groups is 5. The maximum Gasteiger partial charge on any atom is 0.272 e. The van der Waals surface area contributed by atoms with Crippen LogP contribution >= 0.6 is 11.8 Å². The second kappa shape index (κ2) is 14.2. The van der Waals surface area contributed by atoms with E-state index in [-0.39, 0.29) is 29.7 Å². The van der Waals surface area contributed by atoms with Gasteiger partial charge >= 0.3 is 0 Å². The Hall–Kier alpha value is -5.28. The third kappa shape index (κ3) is 7.68. The van der Waals surface area contributed by atoms with Crippen molar-refractivity contribution in [3.05, 3.63) is 131 Å². The maximum atomic E-state index is 13.5. The summed E-state index contributed by atoms with van der Waals surface area (Å²) in [6, 6.07) is 29.8. The van der Waals surface area contributed by atoms with Crippen molar-refractivity contribution >= 4 is 58.6 Å². The Morgan fingerprint density at radius 1 is 0.848 bits per heavy atom. The van der Waals surface area contributed by atoms with Crippen molar-refractivity contribution in [1.82, 2.24) is 5.32 Å². The second-order valence-electron chi connectivity index (χ2n) is 11.2. The molecule has 1 aliphatic rings. The van der Waals surface area contributed by atoms with Crippen molar-refractivity contribution in [2.45, 2.75) is 43.3 Å². The lowest BCUT2D eigenvalue weighted by Crippen LogP contribution is -2.31. The van der Waals surface area contributed by atoms with E-state index in [0.717, 1.165) is 16.0 Å². The zero-order valence-electron chi connectivity index (χ0n) is 25.7. The van der Waals surface area contributed by atoms with Crippen LogP contribution in [0.2, 0.25) is 0 Å². The van der Waals surface area contributed by atoms with E-state index in [0.29, 0.717) is 33.3 Å². The van der Waals surface area contributed by atoms with Gasteiger partial charge in [-0.25, -0.2) is 4.90 Å². The van der Waals surface area contributed by atoms with Crippen molar-refractivity contribution in [3.63, 3.8) is 0 Å². The highest BCUT2D eigenvalue weighted by Crippen LogP contribution is 2.35. The predicted octanol–water partition coefficient (Wildman–Crippen LogP) is 6.85. The van der Waals surface area contributed by atoms with Gasteiger partial charge in [-0.15, -0.1) is 11.8 Å². The van der Waals surface area contributed by atoms with Crippen LogP contribution in [0.3, 0.4) is 0 Å². The van der Waals surface area contributed by atoms with Gasteiger partial charge in [-0.2, -0.15) is 0 Å². The average Bonchev–Trinajstić information content (AvgIpc) is 3.33. The summed E-state index contributed by atoms with van der Waals surface area (Å²) in [5.41, 5.74) is 3.74. The average molecular weight is 632 g/mol. The highest BCUT2D eigenvalue weighted by atomic mass is 32.2. The third-order valence-corrected chi connectivity index (χ3v) is 8.63. The summed E-state index contributed by atoms with van der Waals surface area (Å²) in [5, 5.41) is 4.96. The Morgan fingerprint density at radius 2 is 1.54 bits per heavy atom. The lowest BCUT2D eigenvalue weighted by Gasteiger charge is -2.15. The molecule has 8 nitrogen and oxygen atoms in total. The van der Waals surface area contributed by atoms with E-state index in [4.69, 9.17) is 0 Å². The van der Waals surface area contributed by atoms with E-state index in [1.54, 1.807) is 84.9 Å². The maximum absolute atomic E-state index is 13.5. The fraction of sp³-hybridized carbons (Fsp3) is 0.162. The van der Waals surface area contributed by atoms with Gasteiger partial charge in [0.15, 0.2) is 5.78 Å². The fourth-order valence-corrected chi connectivity index (χ4v) is 6.02. The molecule has 46 heavy (non-hydrogen) atoms. The van der Waals surface area contributed by atoms with Crippen LogP contribution in [0.1, 0.15) is 65.0 Å². The lowest BCUT2D eigenvalue weighted by atomic mass is 10.0. The van der Waals surface area contributed by atoms with Gasteiger partial charge in [-0.05, 0) is 84.6 Å². The summed E-state index contributed by atoms with van der Waals surface area (Å²) in [7, 11) is 0. The van der Waals surface area contributed by atoms with Gasteiger partial charge < -0.3 is 10.6 Å². The van der Waals surface area contributed by atoms with Crippen LogP contribution in [0.25, 0.3) is 6.08 Å². The number of nitrogens with one attached hydrogen (secondary N) is 2. The standard InChI is InChI=1S/C37H33N3O5S/c1-23(2)26-14-12-25(13-15-26)20-32(39-35(43)28-8-5-4-6-9-28)36(44)38-29-10-7-11-31(21-29)46-33-22-34(42)40(37(33)45)30-18-16-27(17-19-30)24(3)41/h4-21,23,33H,22H2,1-3H3,(H,38,44)(H,39,43)/b32-20-/t33-/m0/s1. The van der Waals surface area contributed by atoms with Crippen LogP contribution in [0.4, 0.5) is 11.4 Å². The largest absolute Gasteiger partial charge is 0.321 e.